The van der Waals surface area contributed by atoms with Crippen molar-refractivity contribution in [3.63, 3.8) is 0 Å². The van der Waals surface area contributed by atoms with Crippen LogP contribution in [-0.4, -0.2) is 23.8 Å². The molecule has 1 saturated carbocycles. The number of nitrogens with one attached hydrogen (secondary N) is 1. The maximum atomic E-state index is 9.07. The summed E-state index contributed by atoms with van der Waals surface area (Å²) < 4.78 is 0. The maximum Gasteiger partial charge on any atom is 0.0459 e. The molecule has 2 N–H and O–H groups in total. The molecular formula is C13H27NO. The first-order valence-corrected chi connectivity index (χ1v) is 6.54. The molecule has 0 aromatic carbocycles. The summed E-state index contributed by atoms with van der Waals surface area (Å²) in [6.45, 7) is 7.23. The van der Waals surface area contributed by atoms with Crippen molar-refractivity contribution in [2.24, 2.45) is 11.8 Å². The molecule has 1 rings (SSSR count). The van der Waals surface area contributed by atoms with Crippen molar-refractivity contribution in [2.75, 3.05) is 6.61 Å². The van der Waals surface area contributed by atoms with Gasteiger partial charge in [0.05, 0.1) is 0 Å². The Morgan fingerprint density at radius 3 is 2.20 bits per heavy atom. The van der Waals surface area contributed by atoms with Gasteiger partial charge in [0.15, 0.2) is 0 Å². The third kappa shape index (κ3) is 4.12. The zero-order valence-corrected chi connectivity index (χ0v) is 10.5. The SMILES string of the molecule is CCC(NC1CCC(CO)CC1)C(C)C. The fourth-order valence-electron chi connectivity index (χ4n) is 2.60. The second-order valence-corrected chi connectivity index (χ2v) is 5.33. The van der Waals surface area contributed by atoms with Gasteiger partial charge in [0, 0.05) is 18.7 Å². The Bertz CT molecular complexity index is 162. The first-order valence-electron chi connectivity index (χ1n) is 6.54. The lowest BCUT2D eigenvalue weighted by atomic mass is 9.85. The van der Waals surface area contributed by atoms with Crippen LogP contribution in [0.2, 0.25) is 0 Å². The fourth-order valence-corrected chi connectivity index (χ4v) is 2.60. The Labute approximate surface area is 94.5 Å². The van der Waals surface area contributed by atoms with Crippen molar-refractivity contribution in [3.05, 3.63) is 0 Å². The lowest BCUT2D eigenvalue weighted by Gasteiger charge is -2.32. The minimum absolute atomic E-state index is 0.383. The van der Waals surface area contributed by atoms with Crippen molar-refractivity contribution in [1.82, 2.24) is 5.32 Å². The highest BCUT2D eigenvalue weighted by atomic mass is 16.3. The van der Waals surface area contributed by atoms with Gasteiger partial charge in [-0.3, -0.25) is 0 Å². The topological polar surface area (TPSA) is 32.3 Å². The zero-order valence-electron chi connectivity index (χ0n) is 10.5. The van der Waals surface area contributed by atoms with Crippen LogP contribution in [-0.2, 0) is 0 Å². The Balaban J connectivity index is 2.28. The highest BCUT2D eigenvalue weighted by molar-refractivity contribution is 4.81. The van der Waals surface area contributed by atoms with Crippen molar-refractivity contribution in [1.29, 1.82) is 0 Å². The monoisotopic (exact) mass is 213 g/mol. The van der Waals surface area contributed by atoms with E-state index in [0.29, 0.717) is 24.6 Å². The Hall–Kier alpha value is -0.0800. The van der Waals surface area contributed by atoms with E-state index >= 15 is 0 Å². The summed E-state index contributed by atoms with van der Waals surface area (Å²) in [5.41, 5.74) is 0. The van der Waals surface area contributed by atoms with Crippen LogP contribution < -0.4 is 5.32 Å². The summed E-state index contributed by atoms with van der Waals surface area (Å²) in [7, 11) is 0. The normalized spacial score (nSPS) is 29.4. The lowest BCUT2D eigenvalue weighted by molar-refractivity contribution is 0.168. The molecule has 1 aliphatic rings. The van der Waals surface area contributed by atoms with Crippen LogP contribution in [0, 0.1) is 11.8 Å². The molecular weight excluding hydrogens is 186 g/mol. The predicted octanol–water partition coefficient (Wildman–Crippen LogP) is 2.56. The van der Waals surface area contributed by atoms with Crippen LogP contribution >= 0.6 is 0 Å². The van der Waals surface area contributed by atoms with Gasteiger partial charge in [0.1, 0.15) is 0 Å². The molecule has 1 aliphatic carbocycles. The van der Waals surface area contributed by atoms with E-state index in [0.717, 1.165) is 5.92 Å². The summed E-state index contributed by atoms with van der Waals surface area (Å²) in [5.74, 6) is 1.30. The van der Waals surface area contributed by atoms with Crippen molar-refractivity contribution >= 4 is 0 Å². The molecule has 0 heterocycles. The van der Waals surface area contributed by atoms with E-state index in [-0.39, 0.29) is 0 Å². The van der Waals surface area contributed by atoms with Crippen molar-refractivity contribution in [3.8, 4) is 0 Å². The van der Waals surface area contributed by atoms with Crippen LogP contribution in [0.15, 0.2) is 0 Å². The lowest BCUT2D eigenvalue weighted by Crippen LogP contribution is -2.43. The van der Waals surface area contributed by atoms with Gasteiger partial charge in [-0.1, -0.05) is 20.8 Å². The summed E-state index contributed by atoms with van der Waals surface area (Å²) in [6, 6.07) is 1.36. The van der Waals surface area contributed by atoms with E-state index in [1.807, 2.05) is 0 Å². The highest BCUT2D eigenvalue weighted by Crippen LogP contribution is 2.24. The van der Waals surface area contributed by atoms with E-state index in [9.17, 15) is 0 Å². The number of aliphatic hydroxyl groups is 1. The van der Waals surface area contributed by atoms with Gasteiger partial charge in [-0.05, 0) is 43.9 Å². The third-order valence-electron chi connectivity index (χ3n) is 3.80. The van der Waals surface area contributed by atoms with Crippen LogP contribution in [0.4, 0.5) is 0 Å². The number of rotatable bonds is 5. The van der Waals surface area contributed by atoms with E-state index < -0.39 is 0 Å². The second-order valence-electron chi connectivity index (χ2n) is 5.33. The average molecular weight is 213 g/mol. The molecule has 0 aromatic rings. The van der Waals surface area contributed by atoms with Gasteiger partial charge >= 0.3 is 0 Å². The molecule has 0 bridgehead atoms. The largest absolute Gasteiger partial charge is 0.396 e. The van der Waals surface area contributed by atoms with E-state index in [1.165, 1.54) is 32.1 Å². The van der Waals surface area contributed by atoms with Gasteiger partial charge in [0.25, 0.3) is 0 Å². The standard InChI is InChI=1S/C13H27NO/c1-4-13(10(2)3)14-12-7-5-11(9-15)6-8-12/h10-15H,4-9H2,1-3H3. The molecule has 0 saturated heterocycles. The molecule has 1 unspecified atom stereocenters. The number of hydrogen-bond acceptors (Lipinski definition) is 2. The molecule has 0 amide bonds. The minimum atomic E-state index is 0.383. The van der Waals surface area contributed by atoms with Crippen molar-refractivity contribution < 1.29 is 5.11 Å². The van der Waals surface area contributed by atoms with Crippen LogP contribution in [0.3, 0.4) is 0 Å². The van der Waals surface area contributed by atoms with Crippen LogP contribution in [0.25, 0.3) is 0 Å². The smallest absolute Gasteiger partial charge is 0.0459 e. The zero-order chi connectivity index (χ0) is 11.3. The molecule has 2 heteroatoms. The summed E-state index contributed by atoms with van der Waals surface area (Å²) in [5, 5.41) is 12.8. The first-order chi connectivity index (χ1) is 7.17. The molecule has 0 spiro atoms. The third-order valence-corrected chi connectivity index (χ3v) is 3.80. The maximum absolute atomic E-state index is 9.07. The number of hydrogen-bond donors (Lipinski definition) is 2. The van der Waals surface area contributed by atoms with Gasteiger partial charge in [-0.25, -0.2) is 0 Å². The molecule has 0 radical (unpaired) electrons. The van der Waals surface area contributed by atoms with E-state index in [2.05, 4.69) is 26.1 Å². The quantitative estimate of drug-likeness (QED) is 0.735. The molecule has 1 fully saturated rings. The molecule has 0 aromatic heterocycles. The van der Waals surface area contributed by atoms with Gasteiger partial charge in [0.2, 0.25) is 0 Å². The highest BCUT2D eigenvalue weighted by Gasteiger charge is 2.23. The van der Waals surface area contributed by atoms with Gasteiger partial charge < -0.3 is 10.4 Å². The van der Waals surface area contributed by atoms with Gasteiger partial charge in [-0.15, -0.1) is 0 Å². The molecule has 90 valence electrons. The molecule has 0 aliphatic heterocycles. The van der Waals surface area contributed by atoms with Crippen molar-refractivity contribution in [2.45, 2.75) is 65.0 Å². The summed E-state index contributed by atoms with van der Waals surface area (Å²) in [4.78, 5) is 0. The van der Waals surface area contributed by atoms with Gasteiger partial charge in [-0.2, -0.15) is 0 Å². The summed E-state index contributed by atoms with van der Waals surface area (Å²) >= 11 is 0. The van der Waals surface area contributed by atoms with E-state index in [1.54, 1.807) is 0 Å². The minimum Gasteiger partial charge on any atom is -0.396 e. The first kappa shape index (κ1) is 13.0. The predicted molar refractivity (Wildman–Crippen MR) is 64.9 cm³/mol. The Kier molecular flexibility index (Phi) is 5.62. The number of aliphatic hydroxyl groups excluding tert-OH is 1. The summed E-state index contributed by atoms with van der Waals surface area (Å²) in [6.07, 6.45) is 6.10. The van der Waals surface area contributed by atoms with Crippen LogP contribution in [0.5, 0.6) is 0 Å². The Morgan fingerprint density at radius 1 is 1.20 bits per heavy atom. The van der Waals surface area contributed by atoms with Crippen LogP contribution in [0.1, 0.15) is 52.9 Å². The Morgan fingerprint density at radius 2 is 1.80 bits per heavy atom. The molecule has 1 atom stereocenters. The molecule has 2 nitrogen and oxygen atoms in total. The average Bonchev–Trinajstić information content (AvgIpc) is 2.26. The molecule has 15 heavy (non-hydrogen) atoms. The van der Waals surface area contributed by atoms with E-state index in [4.69, 9.17) is 5.11 Å². The second kappa shape index (κ2) is 6.49. The fraction of sp³-hybridized carbons (Fsp3) is 1.00.